The Kier molecular flexibility index (Phi) is 5.22. The maximum atomic E-state index is 12.7. The van der Waals surface area contributed by atoms with Gasteiger partial charge in [-0.15, -0.1) is 11.3 Å². The molecule has 148 valence electrons. The van der Waals surface area contributed by atoms with E-state index in [1.54, 1.807) is 17.5 Å². The number of piperidine rings is 1. The van der Waals surface area contributed by atoms with Gasteiger partial charge in [0.05, 0.1) is 23.5 Å². The fourth-order valence-electron chi connectivity index (χ4n) is 3.58. The Morgan fingerprint density at radius 2 is 2.11 bits per heavy atom. The number of thiophene rings is 1. The summed E-state index contributed by atoms with van der Waals surface area (Å²) in [7, 11) is -1.60. The van der Waals surface area contributed by atoms with Gasteiger partial charge in [0.25, 0.3) is 10.0 Å². The van der Waals surface area contributed by atoms with Crippen LogP contribution in [-0.4, -0.2) is 41.3 Å². The van der Waals surface area contributed by atoms with Crippen molar-refractivity contribution in [2.45, 2.75) is 23.6 Å². The first kappa shape index (κ1) is 19.1. The molecule has 0 unspecified atom stereocenters. The molecule has 1 aliphatic rings. The number of carbonyl (C=O) groups excluding carboxylic acids is 1. The van der Waals surface area contributed by atoms with Crippen LogP contribution in [0.3, 0.4) is 0 Å². The number of nitrogens with zero attached hydrogens (tertiary/aromatic N) is 3. The molecule has 1 saturated heterocycles. The smallest absolute Gasteiger partial charge is 0.252 e. The van der Waals surface area contributed by atoms with E-state index in [0.29, 0.717) is 30.1 Å². The Labute approximate surface area is 168 Å². The van der Waals surface area contributed by atoms with Crippen LogP contribution in [0.1, 0.15) is 18.7 Å². The van der Waals surface area contributed by atoms with Crippen LogP contribution in [0.5, 0.6) is 0 Å². The minimum Gasteiger partial charge on any atom is -0.349 e. The Morgan fingerprint density at radius 1 is 1.29 bits per heavy atom. The number of nitrogens with one attached hydrogen (secondary N) is 1. The molecule has 2 aromatic heterocycles. The van der Waals surface area contributed by atoms with Gasteiger partial charge >= 0.3 is 0 Å². The zero-order valence-corrected chi connectivity index (χ0v) is 17.2. The van der Waals surface area contributed by atoms with E-state index in [0.717, 1.165) is 16.9 Å². The molecule has 28 heavy (non-hydrogen) atoms. The third-order valence-corrected chi connectivity index (χ3v) is 8.38. The predicted octanol–water partition coefficient (Wildman–Crippen LogP) is 2.35. The van der Waals surface area contributed by atoms with Crippen LogP contribution in [0.15, 0.2) is 46.0 Å². The van der Waals surface area contributed by atoms with E-state index in [1.165, 1.54) is 15.6 Å². The lowest BCUT2D eigenvalue weighted by Gasteiger charge is -2.30. The molecule has 7 nitrogen and oxygen atoms in total. The number of benzene rings is 1. The minimum absolute atomic E-state index is 0.127. The van der Waals surface area contributed by atoms with E-state index < -0.39 is 10.0 Å². The summed E-state index contributed by atoms with van der Waals surface area (Å²) in [6.45, 7) is 0.988. The molecule has 1 amide bonds. The Hall–Kier alpha value is -2.23. The van der Waals surface area contributed by atoms with E-state index in [2.05, 4.69) is 10.3 Å². The van der Waals surface area contributed by atoms with E-state index in [-0.39, 0.29) is 18.4 Å². The zero-order valence-electron chi connectivity index (χ0n) is 15.5. The topological polar surface area (TPSA) is 84.3 Å². The van der Waals surface area contributed by atoms with Gasteiger partial charge in [-0.05, 0) is 36.4 Å². The summed E-state index contributed by atoms with van der Waals surface area (Å²) in [6, 6.07) is 11.1. The molecular formula is C19H22N4O3S2. The van der Waals surface area contributed by atoms with E-state index in [9.17, 15) is 13.2 Å². The number of hydrogen-bond acceptors (Lipinski definition) is 5. The van der Waals surface area contributed by atoms with Gasteiger partial charge in [-0.2, -0.15) is 4.31 Å². The number of aryl methyl sites for hydroxylation is 1. The standard InChI is InChI=1S/C19H22N4O3S2/c1-22-16-8-3-2-7-15(16)21-17(22)12-20-19(24)14-6-4-10-23(13-14)28(25,26)18-9-5-11-27-18/h2-3,5,7-9,11,14H,4,6,10,12-13H2,1H3,(H,20,24)/t14-/m0/s1. The average Bonchev–Trinajstić information content (AvgIpc) is 3.36. The number of fused-ring (bicyclic) bond motifs is 1. The zero-order chi connectivity index (χ0) is 19.7. The van der Waals surface area contributed by atoms with Gasteiger partial charge in [0.1, 0.15) is 10.0 Å². The molecule has 1 N–H and O–H groups in total. The highest BCUT2D eigenvalue weighted by atomic mass is 32.2. The fourth-order valence-corrected chi connectivity index (χ4v) is 6.24. The number of carbonyl (C=O) groups is 1. The first-order chi connectivity index (χ1) is 13.5. The first-order valence-corrected chi connectivity index (χ1v) is 11.5. The van der Waals surface area contributed by atoms with Gasteiger partial charge in [-0.1, -0.05) is 18.2 Å². The van der Waals surface area contributed by atoms with Crippen LogP contribution < -0.4 is 5.32 Å². The van der Waals surface area contributed by atoms with Crippen LogP contribution in [0.4, 0.5) is 0 Å². The van der Waals surface area contributed by atoms with E-state index in [1.807, 2.05) is 35.9 Å². The van der Waals surface area contributed by atoms with Gasteiger partial charge < -0.3 is 9.88 Å². The SMILES string of the molecule is Cn1c(CNC(=O)[C@H]2CCCN(S(=O)(=O)c3cccs3)C2)nc2ccccc21. The van der Waals surface area contributed by atoms with Crippen LogP contribution in [-0.2, 0) is 28.4 Å². The second-order valence-corrected chi connectivity index (χ2v) is 10.0. The predicted molar refractivity (Wildman–Crippen MR) is 108 cm³/mol. The number of aromatic nitrogens is 2. The Bertz CT molecular complexity index is 1090. The van der Waals surface area contributed by atoms with Crippen LogP contribution >= 0.6 is 11.3 Å². The molecule has 1 fully saturated rings. The summed E-state index contributed by atoms with van der Waals surface area (Å²) < 4.78 is 29.2. The number of amides is 1. The largest absolute Gasteiger partial charge is 0.349 e. The molecular weight excluding hydrogens is 396 g/mol. The Morgan fingerprint density at radius 3 is 2.86 bits per heavy atom. The van der Waals surface area contributed by atoms with Crippen LogP contribution in [0.2, 0.25) is 0 Å². The van der Waals surface area contributed by atoms with Crippen molar-refractivity contribution in [3.05, 3.63) is 47.6 Å². The average molecular weight is 419 g/mol. The lowest BCUT2D eigenvalue weighted by Crippen LogP contribution is -2.45. The molecule has 1 aromatic carbocycles. The quantitative estimate of drug-likeness (QED) is 0.689. The van der Waals surface area contributed by atoms with Gasteiger partial charge in [0.2, 0.25) is 5.91 Å². The molecule has 0 spiro atoms. The molecule has 1 aliphatic heterocycles. The molecule has 9 heteroatoms. The summed E-state index contributed by atoms with van der Waals surface area (Å²) >= 11 is 1.20. The van der Waals surface area contributed by atoms with Gasteiger partial charge in [-0.3, -0.25) is 4.79 Å². The molecule has 0 saturated carbocycles. The molecule has 3 heterocycles. The second kappa shape index (κ2) is 7.65. The van der Waals surface area contributed by atoms with Crippen molar-refractivity contribution < 1.29 is 13.2 Å². The van der Waals surface area contributed by atoms with Crippen molar-refractivity contribution in [3.63, 3.8) is 0 Å². The monoisotopic (exact) mass is 418 g/mol. The summed E-state index contributed by atoms with van der Waals surface area (Å²) in [5.74, 6) is 0.296. The maximum absolute atomic E-state index is 12.7. The highest BCUT2D eigenvalue weighted by Crippen LogP contribution is 2.26. The van der Waals surface area contributed by atoms with Crippen molar-refractivity contribution in [2.75, 3.05) is 13.1 Å². The fraction of sp³-hybridized carbons (Fsp3) is 0.368. The lowest BCUT2D eigenvalue weighted by atomic mass is 9.99. The Balaban J connectivity index is 1.42. The summed E-state index contributed by atoms with van der Waals surface area (Å²) in [4.78, 5) is 17.3. The lowest BCUT2D eigenvalue weighted by molar-refractivity contribution is -0.126. The summed E-state index contributed by atoms with van der Waals surface area (Å²) in [6.07, 6.45) is 1.36. The van der Waals surface area contributed by atoms with E-state index >= 15 is 0 Å². The summed E-state index contributed by atoms with van der Waals surface area (Å²) in [5, 5.41) is 4.68. The van der Waals surface area contributed by atoms with Crippen molar-refractivity contribution >= 4 is 38.3 Å². The van der Waals surface area contributed by atoms with Crippen molar-refractivity contribution in [2.24, 2.45) is 13.0 Å². The number of para-hydroxylation sites is 2. The minimum atomic E-state index is -3.52. The molecule has 0 radical (unpaired) electrons. The summed E-state index contributed by atoms with van der Waals surface area (Å²) in [5.41, 5.74) is 1.90. The van der Waals surface area contributed by atoms with Crippen molar-refractivity contribution in [1.29, 1.82) is 0 Å². The molecule has 1 atom stereocenters. The molecule has 0 aliphatic carbocycles. The second-order valence-electron chi connectivity index (χ2n) is 6.93. The number of rotatable bonds is 5. The normalized spacial score (nSPS) is 18.4. The number of imidazole rings is 1. The maximum Gasteiger partial charge on any atom is 0.252 e. The number of hydrogen-bond donors (Lipinski definition) is 1. The third kappa shape index (κ3) is 3.57. The van der Waals surface area contributed by atoms with Crippen molar-refractivity contribution in [1.82, 2.24) is 19.2 Å². The highest BCUT2D eigenvalue weighted by molar-refractivity contribution is 7.91. The third-order valence-electron chi connectivity index (χ3n) is 5.14. The van der Waals surface area contributed by atoms with Crippen LogP contribution in [0.25, 0.3) is 11.0 Å². The van der Waals surface area contributed by atoms with Gasteiger partial charge in [0.15, 0.2) is 0 Å². The molecule has 0 bridgehead atoms. The van der Waals surface area contributed by atoms with Crippen LogP contribution in [0, 0.1) is 5.92 Å². The molecule has 3 aromatic rings. The van der Waals surface area contributed by atoms with Crippen molar-refractivity contribution in [3.8, 4) is 0 Å². The van der Waals surface area contributed by atoms with Gasteiger partial charge in [-0.25, -0.2) is 13.4 Å². The highest BCUT2D eigenvalue weighted by Gasteiger charge is 2.33. The van der Waals surface area contributed by atoms with Gasteiger partial charge in [0, 0.05) is 20.1 Å². The first-order valence-electron chi connectivity index (χ1n) is 9.18. The molecule has 4 rings (SSSR count). The number of sulfonamides is 1. The van der Waals surface area contributed by atoms with E-state index in [4.69, 9.17) is 0 Å².